The lowest BCUT2D eigenvalue weighted by Crippen LogP contribution is -2.31. The summed E-state index contributed by atoms with van der Waals surface area (Å²) in [5.41, 5.74) is 3.52. The predicted octanol–water partition coefficient (Wildman–Crippen LogP) is 3.76. The van der Waals surface area contributed by atoms with E-state index >= 15 is 0 Å². The van der Waals surface area contributed by atoms with Gasteiger partial charge in [-0.3, -0.25) is 9.59 Å². The van der Waals surface area contributed by atoms with Crippen molar-refractivity contribution in [2.75, 3.05) is 6.61 Å². The van der Waals surface area contributed by atoms with Crippen LogP contribution >= 0.6 is 0 Å². The number of carbonyl (C=O) groups is 2. The van der Waals surface area contributed by atoms with Crippen LogP contribution in [0, 0.1) is 6.92 Å². The quantitative estimate of drug-likeness (QED) is 0.616. The third-order valence-corrected chi connectivity index (χ3v) is 5.06. The molecule has 1 N–H and O–H groups in total. The van der Waals surface area contributed by atoms with E-state index in [4.69, 9.17) is 9.15 Å². The van der Waals surface area contributed by atoms with Crippen LogP contribution in [0.15, 0.2) is 76.4 Å². The maximum absolute atomic E-state index is 12.9. The Kier molecular flexibility index (Phi) is 5.84. The minimum atomic E-state index is -0.532. The number of rotatable bonds is 6. The first-order valence-electron chi connectivity index (χ1n) is 9.93. The van der Waals surface area contributed by atoms with E-state index in [-0.39, 0.29) is 12.2 Å². The number of ether oxygens (including phenoxy) is 1. The van der Waals surface area contributed by atoms with E-state index in [1.165, 1.54) is 17.1 Å². The Hall–Kier alpha value is -3.87. The molecule has 0 fully saturated rings. The first-order valence-corrected chi connectivity index (χ1v) is 9.93. The molecule has 0 spiro atoms. The number of aryl methyl sites for hydroxylation is 1. The van der Waals surface area contributed by atoms with Gasteiger partial charge in [0, 0.05) is 6.42 Å². The number of amides is 1. The third kappa shape index (κ3) is 4.83. The van der Waals surface area contributed by atoms with Crippen molar-refractivity contribution in [2.24, 2.45) is 5.10 Å². The second-order valence-corrected chi connectivity index (χ2v) is 7.39. The van der Waals surface area contributed by atoms with E-state index in [9.17, 15) is 14.7 Å². The van der Waals surface area contributed by atoms with Gasteiger partial charge in [0.25, 0.3) is 5.91 Å². The summed E-state index contributed by atoms with van der Waals surface area (Å²) in [5, 5.41) is 15.2. The maximum Gasteiger partial charge on any atom is 0.310 e. The summed E-state index contributed by atoms with van der Waals surface area (Å²) >= 11 is 0. The number of furan rings is 1. The molecule has 1 aliphatic rings. The zero-order valence-corrected chi connectivity index (χ0v) is 17.0. The van der Waals surface area contributed by atoms with Gasteiger partial charge in [-0.2, -0.15) is 5.10 Å². The van der Waals surface area contributed by atoms with Crippen molar-refractivity contribution in [2.45, 2.75) is 25.8 Å². The number of nitrogens with zero attached hydrogens (tertiary/aromatic N) is 2. The van der Waals surface area contributed by atoms with Gasteiger partial charge in [0.2, 0.25) is 0 Å². The van der Waals surface area contributed by atoms with Gasteiger partial charge in [-0.05, 0) is 42.3 Å². The second kappa shape index (κ2) is 8.87. The first kappa shape index (κ1) is 20.4. The molecule has 0 aliphatic carbocycles. The molecule has 2 aromatic carbocycles. The standard InChI is InChI=1S/C24H22N2O5/c1-16-4-8-18(9-5-16)20-14-21(22-3-2-12-30-22)26(25-20)23(28)15-31-24(29)13-17-6-10-19(27)11-7-17/h2-12,21,27H,13-15H2,1H3/t21-/m0/s1. The lowest BCUT2D eigenvalue weighted by molar-refractivity contribution is -0.152. The number of benzene rings is 2. The summed E-state index contributed by atoms with van der Waals surface area (Å²) < 4.78 is 10.7. The molecule has 0 bridgehead atoms. The molecule has 2 heterocycles. The largest absolute Gasteiger partial charge is 0.508 e. The first-order chi connectivity index (χ1) is 15.0. The van der Waals surface area contributed by atoms with Crippen LogP contribution < -0.4 is 0 Å². The van der Waals surface area contributed by atoms with Crippen molar-refractivity contribution >= 4 is 17.6 Å². The Bertz CT molecular complexity index is 1090. The average molecular weight is 418 g/mol. The topological polar surface area (TPSA) is 92.3 Å². The molecule has 1 amide bonds. The smallest absolute Gasteiger partial charge is 0.310 e. The number of carbonyl (C=O) groups excluding carboxylic acids is 2. The van der Waals surface area contributed by atoms with Crippen molar-refractivity contribution in [3.63, 3.8) is 0 Å². The van der Waals surface area contributed by atoms with E-state index < -0.39 is 24.5 Å². The zero-order valence-electron chi connectivity index (χ0n) is 17.0. The third-order valence-electron chi connectivity index (χ3n) is 5.06. The van der Waals surface area contributed by atoms with Gasteiger partial charge in [0.1, 0.15) is 17.6 Å². The van der Waals surface area contributed by atoms with E-state index in [0.29, 0.717) is 17.7 Å². The summed E-state index contributed by atoms with van der Waals surface area (Å²) in [7, 11) is 0. The monoisotopic (exact) mass is 418 g/mol. The molecule has 158 valence electrons. The van der Waals surface area contributed by atoms with Crippen LogP contribution in [0.2, 0.25) is 0 Å². The Morgan fingerprint density at radius 3 is 2.55 bits per heavy atom. The highest BCUT2D eigenvalue weighted by atomic mass is 16.5. The Morgan fingerprint density at radius 1 is 1.13 bits per heavy atom. The summed E-state index contributed by atoms with van der Waals surface area (Å²) in [6, 6.07) is 17.3. The van der Waals surface area contributed by atoms with Crippen molar-refractivity contribution in [3.05, 3.63) is 89.4 Å². The molecule has 31 heavy (non-hydrogen) atoms. The van der Waals surface area contributed by atoms with Crippen LogP contribution in [0.25, 0.3) is 0 Å². The lowest BCUT2D eigenvalue weighted by atomic mass is 10.0. The van der Waals surface area contributed by atoms with Crippen LogP contribution in [0.5, 0.6) is 5.75 Å². The van der Waals surface area contributed by atoms with Gasteiger partial charge in [0.05, 0.1) is 18.4 Å². The number of aromatic hydroxyl groups is 1. The molecular weight excluding hydrogens is 396 g/mol. The molecule has 4 rings (SSSR count). The minimum absolute atomic E-state index is 0.00700. The number of hydrazone groups is 1. The highest BCUT2D eigenvalue weighted by molar-refractivity contribution is 6.03. The number of phenolic OH excluding ortho intramolecular Hbond substituents is 1. The molecule has 7 heteroatoms. The van der Waals surface area contributed by atoms with E-state index in [1.54, 1.807) is 30.5 Å². The van der Waals surface area contributed by atoms with Crippen molar-refractivity contribution in [3.8, 4) is 5.75 Å². The highest BCUT2D eigenvalue weighted by Gasteiger charge is 2.35. The summed E-state index contributed by atoms with van der Waals surface area (Å²) in [4.78, 5) is 25.0. The van der Waals surface area contributed by atoms with Gasteiger partial charge >= 0.3 is 5.97 Å². The molecule has 0 saturated heterocycles. The van der Waals surface area contributed by atoms with Gasteiger partial charge in [-0.1, -0.05) is 42.0 Å². The summed E-state index contributed by atoms with van der Waals surface area (Å²) in [6.07, 6.45) is 2.07. The Morgan fingerprint density at radius 2 is 1.87 bits per heavy atom. The normalized spacial score (nSPS) is 15.6. The van der Waals surface area contributed by atoms with Crippen molar-refractivity contribution in [1.82, 2.24) is 5.01 Å². The number of hydrogen-bond acceptors (Lipinski definition) is 6. The van der Waals surface area contributed by atoms with E-state index in [2.05, 4.69) is 5.10 Å². The summed E-state index contributed by atoms with van der Waals surface area (Å²) in [5.74, 6) is -0.222. The van der Waals surface area contributed by atoms with Gasteiger partial charge in [0.15, 0.2) is 6.61 Å². The maximum atomic E-state index is 12.9. The highest BCUT2D eigenvalue weighted by Crippen LogP contribution is 2.33. The van der Waals surface area contributed by atoms with Crippen LogP contribution in [0.3, 0.4) is 0 Å². The SMILES string of the molecule is Cc1ccc(C2=NN(C(=O)COC(=O)Cc3ccc(O)cc3)[C@H](c3ccco3)C2)cc1. The van der Waals surface area contributed by atoms with Gasteiger partial charge in [-0.15, -0.1) is 0 Å². The molecule has 1 atom stereocenters. The van der Waals surface area contributed by atoms with Crippen LogP contribution in [-0.2, 0) is 20.7 Å². The van der Waals surface area contributed by atoms with Crippen LogP contribution in [0.1, 0.15) is 34.9 Å². The van der Waals surface area contributed by atoms with Crippen LogP contribution in [-0.4, -0.2) is 34.3 Å². The van der Waals surface area contributed by atoms with Gasteiger partial charge < -0.3 is 14.3 Å². The van der Waals surface area contributed by atoms with Crippen molar-refractivity contribution < 1.29 is 23.8 Å². The molecule has 7 nitrogen and oxygen atoms in total. The van der Waals surface area contributed by atoms with E-state index in [0.717, 1.165) is 16.8 Å². The van der Waals surface area contributed by atoms with Crippen LogP contribution in [0.4, 0.5) is 0 Å². The number of phenols is 1. The number of hydrogen-bond donors (Lipinski definition) is 1. The Labute approximate surface area is 179 Å². The van der Waals surface area contributed by atoms with E-state index in [1.807, 2.05) is 31.2 Å². The number of esters is 1. The predicted molar refractivity (Wildman–Crippen MR) is 113 cm³/mol. The molecular formula is C24H22N2O5. The molecule has 0 unspecified atom stereocenters. The molecule has 1 aromatic heterocycles. The molecule has 3 aromatic rings. The fourth-order valence-electron chi connectivity index (χ4n) is 3.40. The summed E-state index contributed by atoms with van der Waals surface area (Å²) in [6.45, 7) is 1.59. The Balaban J connectivity index is 1.45. The minimum Gasteiger partial charge on any atom is -0.508 e. The molecule has 0 radical (unpaired) electrons. The average Bonchev–Trinajstić information content (AvgIpc) is 3.44. The fourth-order valence-corrected chi connectivity index (χ4v) is 3.40. The zero-order chi connectivity index (χ0) is 21.8. The molecule has 1 aliphatic heterocycles. The molecule has 0 saturated carbocycles. The second-order valence-electron chi connectivity index (χ2n) is 7.39. The lowest BCUT2D eigenvalue weighted by Gasteiger charge is -2.19. The fraction of sp³-hybridized carbons (Fsp3) is 0.208. The van der Waals surface area contributed by atoms with Gasteiger partial charge in [-0.25, -0.2) is 5.01 Å². The van der Waals surface area contributed by atoms with Crippen molar-refractivity contribution in [1.29, 1.82) is 0 Å².